The van der Waals surface area contributed by atoms with Gasteiger partial charge in [0.1, 0.15) is 17.2 Å². The van der Waals surface area contributed by atoms with Gasteiger partial charge in [-0.3, -0.25) is 14.3 Å². The smallest absolute Gasteiger partial charge is 0.267 e. The molecule has 10 nitrogen and oxygen atoms in total. The Morgan fingerprint density at radius 2 is 1.97 bits per heavy atom. The van der Waals surface area contributed by atoms with E-state index >= 15 is 0 Å². The number of nitrogens with zero attached hydrogens (tertiary/aromatic N) is 6. The first-order valence-corrected chi connectivity index (χ1v) is 9.52. The Kier molecular flexibility index (Phi) is 5.12. The van der Waals surface area contributed by atoms with E-state index in [1.807, 2.05) is 0 Å². The van der Waals surface area contributed by atoms with E-state index in [1.54, 1.807) is 65.8 Å². The van der Waals surface area contributed by atoms with Gasteiger partial charge in [0.15, 0.2) is 0 Å². The van der Waals surface area contributed by atoms with Crippen LogP contribution in [0.15, 0.2) is 60.5 Å². The number of anilines is 2. The lowest BCUT2D eigenvalue weighted by Gasteiger charge is -2.13. The van der Waals surface area contributed by atoms with E-state index in [0.717, 1.165) is 0 Å². The number of aromatic nitrogens is 6. The molecule has 4 aromatic rings. The molecule has 1 unspecified atom stereocenters. The van der Waals surface area contributed by atoms with Crippen LogP contribution < -0.4 is 10.6 Å². The molecule has 0 spiro atoms. The minimum Gasteiger partial charge on any atom is -0.324 e. The van der Waals surface area contributed by atoms with Gasteiger partial charge in [-0.05, 0) is 53.1 Å². The monoisotopic (exact) mass is 408 g/mol. The molecule has 0 bridgehead atoms. The highest BCUT2D eigenvalue weighted by Gasteiger charge is 2.17. The van der Waals surface area contributed by atoms with E-state index in [9.17, 15) is 9.59 Å². The number of carbonyl (C=O) groups is 2. The zero-order chi connectivity index (χ0) is 20.2. The molecular weight excluding hydrogens is 392 g/mol. The third-order valence-electron chi connectivity index (χ3n) is 4.14. The molecule has 0 aliphatic carbocycles. The molecule has 2 N–H and O–H groups in total. The van der Waals surface area contributed by atoms with Crippen molar-refractivity contribution in [3.63, 3.8) is 0 Å². The molecule has 0 radical (unpaired) electrons. The standard InChI is InChI=1S/C18H16N8O2S/c1-12(25-8-3-7-20-25)17(27)21-13-4-2-5-14(10-13)22-18(28)16-15(6-9-29-16)26-11-19-23-24-26/h2-12H,1H3,(H,21,27)(H,22,28). The molecule has 3 aromatic heterocycles. The van der Waals surface area contributed by atoms with Crippen LogP contribution in [0.25, 0.3) is 5.69 Å². The van der Waals surface area contributed by atoms with Gasteiger partial charge in [0, 0.05) is 23.8 Å². The highest BCUT2D eigenvalue weighted by molar-refractivity contribution is 7.12. The van der Waals surface area contributed by atoms with Crippen molar-refractivity contribution in [2.75, 3.05) is 10.6 Å². The summed E-state index contributed by atoms with van der Waals surface area (Å²) in [5.74, 6) is -0.504. The number of amides is 2. The summed E-state index contributed by atoms with van der Waals surface area (Å²) in [5, 5.41) is 22.5. The van der Waals surface area contributed by atoms with Crippen LogP contribution in [-0.4, -0.2) is 41.8 Å². The molecule has 0 aliphatic rings. The van der Waals surface area contributed by atoms with Gasteiger partial charge < -0.3 is 10.6 Å². The Hall–Kier alpha value is -3.86. The average molecular weight is 408 g/mol. The van der Waals surface area contributed by atoms with Crippen LogP contribution in [0.3, 0.4) is 0 Å². The molecule has 0 aliphatic heterocycles. The number of tetrazole rings is 1. The van der Waals surface area contributed by atoms with Crippen molar-refractivity contribution >= 4 is 34.5 Å². The lowest BCUT2D eigenvalue weighted by Crippen LogP contribution is -2.24. The number of nitrogens with one attached hydrogen (secondary N) is 2. The van der Waals surface area contributed by atoms with Gasteiger partial charge in [-0.1, -0.05) is 6.07 Å². The lowest BCUT2D eigenvalue weighted by atomic mass is 10.2. The Balaban J connectivity index is 1.46. The first kappa shape index (κ1) is 18.5. The molecule has 11 heteroatoms. The van der Waals surface area contributed by atoms with Crippen LogP contribution in [0, 0.1) is 0 Å². The van der Waals surface area contributed by atoms with E-state index < -0.39 is 6.04 Å². The Bertz CT molecular complexity index is 1120. The van der Waals surface area contributed by atoms with Crippen LogP contribution >= 0.6 is 11.3 Å². The first-order chi connectivity index (χ1) is 14.1. The fraction of sp³-hybridized carbons (Fsp3) is 0.111. The number of hydrogen-bond acceptors (Lipinski definition) is 7. The van der Waals surface area contributed by atoms with Crippen molar-refractivity contribution in [1.29, 1.82) is 0 Å². The third kappa shape index (κ3) is 4.04. The summed E-state index contributed by atoms with van der Waals surface area (Å²) in [6.45, 7) is 1.76. The highest BCUT2D eigenvalue weighted by atomic mass is 32.1. The van der Waals surface area contributed by atoms with Gasteiger partial charge in [-0.15, -0.1) is 16.4 Å². The Labute approximate surface area is 169 Å². The minimum atomic E-state index is -0.465. The molecule has 2 amide bonds. The highest BCUT2D eigenvalue weighted by Crippen LogP contribution is 2.23. The van der Waals surface area contributed by atoms with E-state index in [2.05, 4.69) is 31.3 Å². The quantitative estimate of drug-likeness (QED) is 0.505. The topological polar surface area (TPSA) is 120 Å². The van der Waals surface area contributed by atoms with Crippen molar-refractivity contribution in [3.8, 4) is 5.69 Å². The molecule has 0 saturated heterocycles. The molecular formula is C18H16N8O2S. The van der Waals surface area contributed by atoms with E-state index in [4.69, 9.17) is 0 Å². The minimum absolute atomic E-state index is 0.212. The van der Waals surface area contributed by atoms with Crippen LogP contribution in [-0.2, 0) is 4.79 Å². The predicted octanol–water partition coefficient (Wildman–Crippen LogP) is 2.37. The van der Waals surface area contributed by atoms with E-state index in [1.165, 1.54) is 22.3 Å². The molecule has 29 heavy (non-hydrogen) atoms. The van der Waals surface area contributed by atoms with Crippen molar-refractivity contribution < 1.29 is 9.59 Å². The van der Waals surface area contributed by atoms with E-state index in [-0.39, 0.29) is 11.8 Å². The van der Waals surface area contributed by atoms with Crippen molar-refractivity contribution in [2.45, 2.75) is 13.0 Å². The second-order valence-electron chi connectivity index (χ2n) is 6.08. The average Bonchev–Trinajstić information content (AvgIpc) is 3.49. The van der Waals surface area contributed by atoms with Gasteiger partial charge in [-0.25, -0.2) is 0 Å². The largest absolute Gasteiger partial charge is 0.324 e. The number of rotatable bonds is 6. The maximum absolute atomic E-state index is 12.7. The predicted molar refractivity (Wildman–Crippen MR) is 107 cm³/mol. The summed E-state index contributed by atoms with van der Waals surface area (Å²) in [4.78, 5) is 25.6. The second-order valence-corrected chi connectivity index (χ2v) is 6.99. The fourth-order valence-corrected chi connectivity index (χ4v) is 3.44. The first-order valence-electron chi connectivity index (χ1n) is 8.64. The van der Waals surface area contributed by atoms with Gasteiger partial charge in [0.25, 0.3) is 5.91 Å². The second kappa shape index (κ2) is 8.02. The Morgan fingerprint density at radius 3 is 2.69 bits per heavy atom. The molecule has 1 aromatic carbocycles. The zero-order valence-corrected chi connectivity index (χ0v) is 16.1. The summed E-state index contributed by atoms with van der Waals surface area (Å²) in [6.07, 6.45) is 4.77. The maximum Gasteiger partial charge on any atom is 0.267 e. The van der Waals surface area contributed by atoms with Gasteiger partial charge >= 0.3 is 0 Å². The van der Waals surface area contributed by atoms with Gasteiger partial charge in [0.2, 0.25) is 5.91 Å². The summed E-state index contributed by atoms with van der Waals surface area (Å²) >= 11 is 1.28. The molecule has 0 fully saturated rings. The van der Waals surface area contributed by atoms with Crippen LogP contribution in [0.5, 0.6) is 0 Å². The molecule has 3 heterocycles. The van der Waals surface area contributed by atoms with Gasteiger partial charge in [0.05, 0.1) is 5.69 Å². The van der Waals surface area contributed by atoms with Crippen molar-refractivity contribution in [1.82, 2.24) is 30.0 Å². The SMILES string of the molecule is CC(C(=O)Nc1cccc(NC(=O)c2sccc2-n2cnnn2)c1)n1cccn1. The summed E-state index contributed by atoms with van der Waals surface area (Å²) < 4.78 is 3.00. The number of thiophene rings is 1. The van der Waals surface area contributed by atoms with Crippen molar-refractivity contribution in [3.05, 3.63) is 65.4 Å². The van der Waals surface area contributed by atoms with Crippen LogP contribution in [0.4, 0.5) is 11.4 Å². The zero-order valence-electron chi connectivity index (χ0n) is 15.3. The third-order valence-corrected chi connectivity index (χ3v) is 5.04. The van der Waals surface area contributed by atoms with E-state index in [0.29, 0.717) is 21.9 Å². The fourth-order valence-electron chi connectivity index (χ4n) is 2.66. The van der Waals surface area contributed by atoms with Gasteiger partial charge in [-0.2, -0.15) is 9.78 Å². The summed E-state index contributed by atoms with van der Waals surface area (Å²) in [5.41, 5.74) is 1.71. The number of carbonyl (C=O) groups excluding carboxylic acids is 2. The summed E-state index contributed by atoms with van der Waals surface area (Å²) in [6, 6.07) is 10.00. The van der Waals surface area contributed by atoms with Crippen molar-refractivity contribution in [2.24, 2.45) is 0 Å². The summed E-state index contributed by atoms with van der Waals surface area (Å²) in [7, 11) is 0. The maximum atomic E-state index is 12.7. The molecule has 0 saturated carbocycles. The number of hydrogen-bond donors (Lipinski definition) is 2. The molecule has 1 atom stereocenters. The molecule has 4 rings (SSSR count). The number of benzene rings is 1. The normalized spacial score (nSPS) is 11.8. The lowest BCUT2D eigenvalue weighted by molar-refractivity contribution is -0.119. The van der Waals surface area contributed by atoms with Crippen LogP contribution in [0.2, 0.25) is 0 Å². The Morgan fingerprint density at radius 1 is 1.14 bits per heavy atom. The van der Waals surface area contributed by atoms with Crippen LogP contribution in [0.1, 0.15) is 22.6 Å². The molecule has 146 valence electrons.